The van der Waals surface area contributed by atoms with Crippen molar-refractivity contribution in [3.63, 3.8) is 0 Å². The summed E-state index contributed by atoms with van der Waals surface area (Å²) >= 11 is 0. The summed E-state index contributed by atoms with van der Waals surface area (Å²) in [7, 11) is 1.89. The molecule has 0 unspecified atom stereocenters. The Morgan fingerprint density at radius 3 is 2.73 bits per heavy atom. The lowest BCUT2D eigenvalue weighted by atomic mass is 10.1. The van der Waals surface area contributed by atoms with E-state index in [1.54, 1.807) is 0 Å². The van der Waals surface area contributed by atoms with Crippen LogP contribution in [0.4, 0.5) is 5.69 Å². The number of nitro benzene ring substituents is 1. The highest BCUT2D eigenvalue weighted by Crippen LogP contribution is 2.23. The Kier molecular flexibility index (Phi) is 3.62. The Bertz CT molecular complexity index is 366. The SMILES string of the molecule is CCN(C)Cc1cc([N+](=O)[O-])ccc1O. The van der Waals surface area contributed by atoms with Crippen molar-refractivity contribution < 1.29 is 10.0 Å². The van der Waals surface area contributed by atoms with Crippen molar-refractivity contribution in [2.75, 3.05) is 13.6 Å². The third-order valence-electron chi connectivity index (χ3n) is 2.25. The zero-order chi connectivity index (χ0) is 11.4. The lowest BCUT2D eigenvalue weighted by Gasteiger charge is -2.14. The second-order valence-corrected chi connectivity index (χ2v) is 3.40. The van der Waals surface area contributed by atoms with Crippen LogP contribution >= 0.6 is 0 Å². The molecule has 5 nitrogen and oxygen atoms in total. The standard InChI is InChI=1S/C10H14N2O3/c1-3-11(2)7-8-6-9(12(14)15)4-5-10(8)13/h4-6,13H,3,7H2,1-2H3. The number of nitrogens with zero attached hydrogens (tertiary/aromatic N) is 2. The molecule has 0 heterocycles. The van der Waals surface area contributed by atoms with Crippen LogP contribution in [0.5, 0.6) is 5.75 Å². The summed E-state index contributed by atoms with van der Waals surface area (Å²) in [6.45, 7) is 3.31. The van der Waals surface area contributed by atoms with Crippen LogP contribution in [0.25, 0.3) is 0 Å². The first-order chi connectivity index (χ1) is 7.04. The Morgan fingerprint density at radius 2 is 2.20 bits per heavy atom. The van der Waals surface area contributed by atoms with E-state index >= 15 is 0 Å². The molecule has 1 aromatic rings. The maximum absolute atomic E-state index is 10.5. The number of hydrogen-bond acceptors (Lipinski definition) is 4. The van der Waals surface area contributed by atoms with Crippen LogP contribution < -0.4 is 0 Å². The molecular weight excluding hydrogens is 196 g/mol. The zero-order valence-corrected chi connectivity index (χ0v) is 8.80. The van der Waals surface area contributed by atoms with Crippen LogP contribution in [-0.2, 0) is 6.54 Å². The monoisotopic (exact) mass is 210 g/mol. The second kappa shape index (κ2) is 4.75. The highest BCUT2D eigenvalue weighted by Gasteiger charge is 2.11. The van der Waals surface area contributed by atoms with Crippen LogP contribution in [0, 0.1) is 10.1 Å². The van der Waals surface area contributed by atoms with E-state index in [1.165, 1.54) is 18.2 Å². The Morgan fingerprint density at radius 1 is 1.53 bits per heavy atom. The van der Waals surface area contributed by atoms with Gasteiger partial charge in [-0.25, -0.2) is 0 Å². The maximum Gasteiger partial charge on any atom is 0.270 e. The van der Waals surface area contributed by atoms with E-state index in [9.17, 15) is 15.2 Å². The quantitative estimate of drug-likeness (QED) is 0.607. The number of phenols is 1. The number of phenolic OH excluding ortho intramolecular Hbond substituents is 1. The number of aromatic hydroxyl groups is 1. The molecule has 15 heavy (non-hydrogen) atoms. The number of hydrogen-bond donors (Lipinski definition) is 1. The molecule has 0 bridgehead atoms. The molecule has 0 saturated heterocycles. The lowest BCUT2D eigenvalue weighted by molar-refractivity contribution is -0.385. The second-order valence-electron chi connectivity index (χ2n) is 3.40. The summed E-state index contributed by atoms with van der Waals surface area (Å²) in [5.74, 6) is 0.0981. The molecule has 0 amide bonds. The average molecular weight is 210 g/mol. The molecule has 1 aromatic carbocycles. The summed E-state index contributed by atoms with van der Waals surface area (Å²) in [6, 6.07) is 4.06. The largest absolute Gasteiger partial charge is 0.508 e. The Balaban J connectivity index is 2.95. The molecule has 1 N–H and O–H groups in total. The normalized spacial score (nSPS) is 10.6. The number of non-ortho nitro benzene ring substituents is 1. The third-order valence-corrected chi connectivity index (χ3v) is 2.25. The fraction of sp³-hybridized carbons (Fsp3) is 0.400. The Labute approximate surface area is 88.1 Å². The molecule has 82 valence electrons. The van der Waals surface area contributed by atoms with Crippen molar-refractivity contribution in [3.8, 4) is 5.75 Å². The predicted molar refractivity (Wildman–Crippen MR) is 56.8 cm³/mol. The van der Waals surface area contributed by atoms with Gasteiger partial charge in [-0.05, 0) is 19.7 Å². The van der Waals surface area contributed by atoms with E-state index in [0.717, 1.165) is 6.54 Å². The van der Waals surface area contributed by atoms with Gasteiger partial charge in [0.2, 0.25) is 0 Å². The minimum Gasteiger partial charge on any atom is -0.508 e. The molecule has 0 aliphatic carbocycles. The summed E-state index contributed by atoms with van der Waals surface area (Å²) in [4.78, 5) is 12.0. The van der Waals surface area contributed by atoms with Gasteiger partial charge in [0.15, 0.2) is 0 Å². The summed E-state index contributed by atoms with van der Waals surface area (Å²) in [5, 5.41) is 20.0. The number of benzene rings is 1. The first-order valence-electron chi connectivity index (χ1n) is 4.69. The van der Waals surface area contributed by atoms with E-state index in [4.69, 9.17) is 0 Å². The molecule has 0 aliphatic rings. The van der Waals surface area contributed by atoms with Crippen molar-refractivity contribution >= 4 is 5.69 Å². The Hall–Kier alpha value is -1.62. The topological polar surface area (TPSA) is 66.6 Å². The van der Waals surface area contributed by atoms with E-state index < -0.39 is 4.92 Å². The average Bonchev–Trinajstić information content (AvgIpc) is 2.20. The molecule has 5 heteroatoms. The van der Waals surface area contributed by atoms with Crippen LogP contribution in [0.15, 0.2) is 18.2 Å². The fourth-order valence-corrected chi connectivity index (χ4v) is 1.21. The van der Waals surface area contributed by atoms with Gasteiger partial charge >= 0.3 is 0 Å². The minimum absolute atomic E-state index is 0.00676. The first kappa shape index (κ1) is 11.5. The van der Waals surface area contributed by atoms with Gasteiger partial charge in [-0.3, -0.25) is 10.1 Å². The molecule has 0 radical (unpaired) electrons. The van der Waals surface area contributed by atoms with Gasteiger partial charge in [0.1, 0.15) is 5.75 Å². The van der Waals surface area contributed by atoms with E-state index in [-0.39, 0.29) is 11.4 Å². The van der Waals surface area contributed by atoms with Crippen molar-refractivity contribution in [3.05, 3.63) is 33.9 Å². The van der Waals surface area contributed by atoms with Crippen LogP contribution in [0.3, 0.4) is 0 Å². The molecule has 1 rings (SSSR count). The smallest absolute Gasteiger partial charge is 0.270 e. The molecule has 0 fully saturated rings. The van der Waals surface area contributed by atoms with Gasteiger partial charge in [-0.1, -0.05) is 6.92 Å². The highest BCUT2D eigenvalue weighted by molar-refractivity contribution is 5.42. The highest BCUT2D eigenvalue weighted by atomic mass is 16.6. The molecular formula is C10H14N2O3. The van der Waals surface area contributed by atoms with Gasteiger partial charge in [0, 0.05) is 24.2 Å². The molecule has 0 saturated carbocycles. The van der Waals surface area contributed by atoms with Crippen LogP contribution in [0.2, 0.25) is 0 Å². The van der Waals surface area contributed by atoms with Gasteiger partial charge in [-0.2, -0.15) is 0 Å². The van der Waals surface area contributed by atoms with Crippen LogP contribution in [0.1, 0.15) is 12.5 Å². The van der Waals surface area contributed by atoms with E-state index in [0.29, 0.717) is 12.1 Å². The molecule has 0 atom stereocenters. The van der Waals surface area contributed by atoms with Gasteiger partial charge in [0.05, 0.1) is 4.92 Å². The summed E-state index contributed by atoms with van der Waals surface area (Å²) < 4.78 is 0. The molecule has 0 spiro atoms. The van der Waals surface area contributed by atoms with Gasteiger partial charge < -0.3 is 10.0 Å². The van der Waals surface area contributed by atoms with E-state index in [2.05, 4.69) is 0 Å². The van der Waals surface area contributed by atoms with Crippen molar-refractivity contribution in [1.29, 1.82) is 0 Å². The van der Waals surface area contributed by atoms with Gasteiger partial charge in [0.25, 0.3) is 5.69 Å². The molecule has 0 aromatic heterocycles. The third kappa shape index (κ3) is 2.92. The minimum atomic E-state index is -0.463. The zero-order valence-electron chi connectivity index (χ0n) is 8.80. The first-order valence-corrected chi connectivity index (χ1v) is 4.69. The lowest BCUT2D eigenvalue weighted by Crippen LogP contribution is -2.16. The maximum atomic E-state index is 10.5. The fourth-order valence-electron chi connectivity index (χ4n) is 1.21. The summed E-state index contributed by atoms with van der Waals surface area (Å²) in [6.07, 6.45) is 0. The van der Waals surface area contributed by atoms with Crippen molar-refractivity contribution in [2.45, 2.75) is 13.5 Å². The van der Waals surface area contributed by atoms with Crippen LogP contribution in [-0.4, -0.2) is 28.5 Å². The van der Waals surface area contributed by atoms with Gasteiger partial charge in [-0.15, -0.1) is 0 Å². The number of nitro groups is 1. The summed E-state index contributed by atoms with van der Waals surface area (Å²) in [5.41, 5.74) is 0.584. The van der Waals surface area contributed by atoms with E-state index in [1.807, 2.05) is 18.9 Å². The predicted octanol–water partition coefficient (Wildman–Crippen LogP) is 1.75. The van der Waals surface area contributed by atoms with Crippen molar-refractivity contribution in [1.82, 2.24) is 4.90 Å². The molecule has 0 aliphatic heterocycles. The van der Waals surface area contributed by atoms with Crippen molar-refractivity contribution in [2.24, 2.45) is 0 Å². The number of rotatable bonds is 4.